The SMILES string of the molecule is CC1(C)c2ccccc2-c2ccc(-c3nc(-c4cc(-c5ccccc5)cc(-c5ccccc5)c4)nc(-c4ccc5c(c4)oc4cccc(-c6ccc(-c7ccccc7)cc6)c45)n3)cc21. The van der Waals surface area contributed by atoms with Crippen molar-refractivity contribution in [1.82, 2.24) is 15.0 Å². The molecule has 0 N–H and O–H groups in total. The molecule has 0 aliphatic heterocycles. The van der Waals surface area contributed by atoms with Gasteiger partial charge in [-0.15, -0.1) is 0 Å². The summed E-state index contributed by atoms with van der Waals surface area (Å²) in [5, 5.41) is 2.13. The molecule has 0 radical (unpaired) electrons. The second-order valence-electron chi connectivity index (χ2n) is 17.2. The number of benzene rings is 9. The van der Waals surface area contributed by atoms with Crippen LogP contribution in [0.4, 0.5) is 0 Å². The summed E-state index contributed by atoms with van der Waals surface area (Å²) in [7, 11) is 0. The van der Waals surface area contributed by atoms with E-state index in [1.54, 1.807) is 0 Å². The van der Waals surface area contributed by atoms with Crippen molar-refractivity contribution in [2.75, 3.05) is 0 Å². The summed E-state index contributed by atoms with van der Waals surface area (Å²) in [5.74, 6) is 1.80. The van der Waals surface area contributed by atoms with Crippen LogP contribution in [0, 0.1) is 0 Å². The lowest BCUT2D eigenvalue weighted by Crippen LogP contribution is -2.15. The van der Waals surface area contributed by atoms with Crippen molar-refractivity contribution in [3.05, 3.63) is 223 Å². The molecule has 4 nitrogen and oxygen atoms in total. The van der Waals surface area contributed by atoms with Gasteiger partial charge in [-0.05, 0) is 109 Å². The average molecular weight is 820 g/mol. The van der Waals surface area contributed by atoms with Crippen molar-refractivity contribution < 1.29 is 4.42 Å². The zero-order valence-electron chi connectivity index (χ0n) is 35.5. The van der Waals surface area contributed by atoms with E-state index in [4.69, 9.17) is 19.4 Å². The Labute approximate surface area is 372 Å². The first-order valence-electron chi connectivity index (χ1n) is 21.8. The highest BCUT2D eigenvalue weighted by molar-refractivity contribution is 6.13. The molecule has 0 unspecified atom stereocenters. The van der Waals surface area contributed by atoms with E-state index in [-0.39, 0.29) is 5.41 Å². The normalized spacial score (nSPS) is 12.7. The first kappa shape index (κ1) is 37.5. The summed E-state index contributed by atoms with van der Waals surface area (Å²) in [6.07, 6.45) is 0. The van der Waals surface area contributed by atoms with E-state index in [0.717, 1.165) is 72.0 Å². The van der Waals surface area contributed by atoms with Crippen molar-refractivity contribution in [1.29, 1.82) is 0 Å². The Morgan fingerprint density at radius 2 is 0.781 bits per heavy atom. The molecule has 0 fully saturated rings. The van der Waals surface area contributed by atoms with E-state index in [9.17, 15) is 0 Å². The second-order valence-corrected chi connectivity index (χ2v) is 17.2. The Morgan fingerprint density at radius 1 is 0.312 bits per heavy atom. The number of hydrogen-bond donors (Lipinski definition) is 0. The third kappa shape index (κ3) is 6.42. The summed E-state index contributed by atoms with van der Waals surface area (Å²) in [6, 6.07) is 75.0. The van der Waals surface area contributed by atoms with E-state index in [2.05, 4.69) is 214 Å². The van der Waals surface area contributed by atoms with Gasteiger partial charge >= 0.3 is 0 Å². The molecule has 1 aliphatic carbocycles. The highest BCUT2D eigenvalue weighted by Crippen LogP contribution is 2.49. The summed E-state index contributed by atoms with van der Waals surface area (Å²) in [4.78, 5) is 15.9. The molecule has 1 aliphatic rings. The smallest absolute Gasteiger partial charge is 0.164 e. The number of hydrogen-bond acceptors (Lipinski definition) is 4. The zero-order chi connectivity index (χ0) is 42.8. The molecule has 302 valence electrons. The van der Waals surface area contributed by atoms with Gasteiger partial charge in [0, 0.05) is 32.9 Å². The topological polar surface area (TPSA) is 51.8 Å². The number of fused-ring (bicyclic) bond motifs is 6. The fourth-order valence-electron chi connectivity index (χ4n) is 9.64. The van der Waals surface area contributed by atoms with Gasteiger partial charge in [-0.3, -0.25) is 0 Å². The van der Waals surface area contributed by atoms with Crippen molar-refractivity contribution in [2.45, 2.75) is 19.3 Å². The Morgan fingerprint density at radius 3 is 1.44 bits per heavy atom. The number of aromatic nitrogens is 3. The molecular formula is C60H41N3O. The Balaban J connectivity index is 1.02. The molecule has 0 amide bonds. The minimum absolute atomic E-state index is 0.176. The van der Waals surface area contributed by atoms with Crippen LogP contribution in [-0.2, 0) is 5.41 Å². The summed E-state index contributed by atoms with van der Waals surface area (Å²) in [5.41, 5.74) is 18.3. The van der Waals surface area contributed by atoms with Gasteiger partial charge < -0.3 is 4.42 Å². The van der Waals surface area contributed by atoms with Crippen molar-refractivity contribution in [3.63, 3.8) is 0 Å². The van der Waals surface area contributed by atoms with Crippen LogP contribution in [-0.4, -0.2) is 15.0 Å². The largest absolute Gasteiger partial charge is 0.456 e. The third-order valence-electron chi connectivity index (χ3n) is 12.9. The van der Waals surface area contributed by atoms with E-state index in [1.807, 2.05) is 12.1 Å². The monoisotopic (exact) mass is 819 g/mol. The molecule has 64 heavy (non-hydrogen) atoms. The van der Waals surface area contributed by atoms with E-state index in [0.29, 0.717) is 17.5 Å². The third-order valence-corrected chi connectivity index (χ3v) is 12.9. The molecular weight excluding hydrogens is 779 g/mol. The first-order valence-corrected chi connectivity index (χ1v) is 21.8. The van der Waals surface area contributed by atoms with E-state index < -0.39 is 0 Å². The van der Waals surface area contributed by atoms with Gasteiger partial charge in [0.25, 0.3) is 0 Å². The van der Waals surface area contributed by atoms with Gasteiger partial charge in [0.15, 0.2) is 17.5 Å². The zero-order valence-corrected chi connectivity index (χ0v) is 35.5. The number of rotatable bonds is 7. The van der Waals surface area contributed by atoms with Gasteiger partial charge in [-0.1, -0.05) is 184 Å². The Kier molecular flexibility index (Phi) is 8.80. The van der Waals surface area contributed by atoms with E-state index in [1.165, 1.54) is 33.4 Å². The number of nitrogens with zero attached hydrogens (tertiary/aromatic N) is 3. The van der Waals surface area contributed by atoms with Crippen molar-refractivity contribution >= 4 is 21.9 Å². The summed E-state index contributed by atoms with van der Waals surface area (Å²) >= 11 is 0. The molecule has 4 heteroatoms. The Hall–Kier alpha value is -8.21. The highest BCUT2D eigenvalue weighted by atomic mass is 16.3. The van der Waals surface area contributed by atoms with E-state index >= 15 is 0 Å². The second kappa shape index (κ2) is 15.0. The average Bonchev–Trinajstić information content (AvgIpc) is 3.85. The van der Waals surface area contributed by atoms with Gasteiger partial charge in [-0.2, -0.15) is 0 Å². The van der Waals surface area contributed by atoms with Gasteiger partial charge in [0.1, 0.15) is 11.2 Å². The molecule has 0 bridgehead atoms. The minimum atomic E-state index is -0.176. The number of furan rings is 1. The molecule has 9 aromatic carbocycles. The van der Waals surface area contributed by atoms with Gasteiger partial charge in [0.05, 0.1) is 0 Å². The molecule has 0 saturated heterocycles. The van der Waals surface area contributed by atoms with Crippen LogP contribution in [0.1, 0.15) is 25.0 Å². The minimum Gasteiger partial charge on any atom is -0.456 e. The van der Waals surface area contributed by atoms with Crippen LogP contribution in [0.2, 0.25) is 0 Å². The molecule has 12 rings (SSSR count). The molecule has 0 spiro atoms. The maximum atomic E-state index is 6.66. The lowest BCUT2D eigenvalue weighted by molar-refractivity contribution is 0.660. The van der Waals surface area contributed by atoms with Crippen molar-refractivity contribution in [2.24, 2.45) is 0 Å². The maximum absolute atomic E-state index is 6.66. The molecule has 0 atom stereocenters. The quantitative estimate of drug-likeness (QED) is 0.161. The predicted octanol–water partition coefficient (Wildman–Crippen LogP) is 15.7. The molecule has 2 heterocycles. The maximum Gasteiger partial charge on any atom is 0.164 e. The highest BCUT2D eigenvalue weighted by Gasteiger charge is 2.35. The fourth-order valence-corrected chi connectivity index (χ4v) is 9.64. The predicted molar refractivity (Wildman–Crippen MR) is 263 cm³/mol. The van der Waals surface area contributed by atoms with Crippen molar-refractivity contribution in [3.8, 4) is 89.8 Å². The van der Waals surface area contributed by atoms with Crippen LogP contribution in [0.25, 0.3) is 112 Å². The van der Waals surface area contributed by atoms with Crippen LogP contribution >= 0.6 is 0 Å². The van der Waals surface area contributed by atoms with Crippen LogP contribution in [0.3, 0.4) is 0 Å². The van der Waals surface area contributed by atoms with Crippen LogP contribution in [0.5, 0.6) is 0 Å². The van der Waals surface area contributed by atoms with Gasteiger partial charge in [0.2, 0.25) is 0 Å². The summed E-state index contributed by atoms with van der Waals surface area (Å²) in [6.45, 7) is 4.61. The summed E-state index contributed by atoms with van der Waals surface area (Å²) < 4.78 is 6.66. The molecule has 11 aromatic rings. The molecule has 0 saturated carbocycles. The Bertz CT molecular complexity index is 3500. The molecule has 2 aromatic heterocycles. The van der Waals surface area contributed by atoms with Crippen LogP contribution in [0.15, 0.2) is 217 Å². The lowest BCUT2D eigenvalue weighted by atomic mass is 9.82. The first-order chi connectivity index (χ1) is 31.4. The van der Waals surface area contributed by atoms with Crippen LogP contribution < -0.4 is 0 Å². The lowest BCUT2D eigenvalue weighted by Gasteiger charge is -2.21. The standard InChI is InChI=1S/C60H41N3O/c1-60(2)52-23-13-12-21-49(52)50-31-29-43(36-53(50)60)57-61-58(63-59(62-57)47-34-45(39-17-8-4-9-18-39)33-46(35-47)40-19-10-5-11-20-40)44-30-32-51-55(37-44)64-54-24-14-22-48(56(51)54)42-27-25-41(26-28-42)38-15-6-3-7-16-38/h3-37H,1-2H3. The fraction of sp³-hybridized carbons (Fsp3) is 0.0500. The van der Waals surface area contributed by atoms with Gasteiger partial charge in [-0.25, -0.2) is 15.0 Å².